The van der Waals surface area contributed by atoms with Gasteiger partial charge in [-0.2, -0.15) is 0 Å². The van der Waals surface area contributed by atoms with Gasteiger partial charge in [-0.3, -0.25) is 9.80 Å². The zero-order chi connectivity index (χ0) is 25.5. The number of hydrogen-bond donors (Lipinski definition) is 0. The van der Waals surface area contributed by atoms with E-state index in [9.17, 15) is 0 Å². The van der Waals surface area contributed by atoms with E-state index in [0.717, 1.165) is 50.8 Å². The van der Waals surface area contributed by atoms with E-state index in [1.54, 1.807) is 0 Å². The first-order valence-electron chi connectivity index (χ1n) is 14.4. The van der Waals surface area contributed by atoms with Crippen molar-refractivity contribution in [3.8, 4) is 5.75 Å². The van der Waals surface area contributed by atoms with Crippen LogP contribution in [-0.4, -0.2) is 42.6 Å². The summed E-state index contributed by atoms with van der Waals surface area (Å²) >= 11 is 0. The second-order valence-electron chi connectivity index (χ2n) is 11.3. The van der Waals surface area contributed by atoms with E-state index in [1.807, 2.05) is 0 Å². The van der Waals surface area contributed by atoms with Crippen LogP contribution in [0, 0.1) is 19.8 Å². The maximum atomic E-state index is 6.30. The van der Waals surface area contributed by atoms with E-state index in [1.165, 1.54) is 78.7 Å². The topological polar surface area (TPSA) is 15.7 Å². The number of hydrogen-bond acceptors (Lipinski definition) is 3. The lowest BCUT2D eigenvalue weighted by Gasteiger charge is -2.32. The molecule has 0 amide bonds. The molecule has 0 atom stereocenters. The van der Waals surface area contributed by atoms with E-state index >= 15 is 0 Å². The van der Waals surface area contributed by atoms with Gasteiger partial charge in [-0.25, -0.2) is 0 Å². The average molecular weight is 497 g/mol. The monoisotopic (exact) mass is 496 g/mol. The molecule has 3 heteroatoms. The van der Waals surface area contributed by atoms with Crippen molar-refractivity contribution in [2.75, 3.05) is 32.8 Å². The minimum atomic E-state index is 0.784. The van der Waals surface area contributed by atoms with Crippen molar-refractivity contribution in [2.24, 2.45) is 5.92 Å². The Morgan fingerprint density at radius 3 is 2.46 bits per heavy atom. The summed E-state index contributed by atoms with van der Waals surface area (Å²) in [4.78, 5) is 5.24. The molecule has 0 aliphatic carbocycles. The third-order valence-corrected chi connectivity index (χ3v) is 8.48. The summed E-state index contributed by atoms with van der Waals surface area (Å²) in [6, 6.07) is 24.7. The molecule has 196 valence electrons. The van der Waals surface area contributed by atoms with Gasteiger partial charge in [0, 0.05) is 19.6 Å². The molecule has 0 spiro atoms. The Morgan fingerprint density at radius 2 is 1.65 bits per heavy atom. The van der Waals surface area contributed by atoms with Crippen LogP contribution in [0.15, 0.2) is 66.7 Å². The van der Waals surface area contributed by atoms with Gasteiger partial charge in [0.05, 0.1) is 6.61 Å². The Bertz CT molecular complexity index is 1130. The van der Waals surface area contributed by atoms with Crippen LogP contribution < -0.4 is 4.74 Å². The minimum absolute atomic E-state index is 0.784. The molecule has 2 heterocycles. The molecule has 0 radical (unpaired) electrons. The van der Waals surface area contributed by atoms with Crippen LogP contribution in [0.2, 0.25) is 0 Å². The Labute approximate surface area is 224 Å². The highest BCUT2D eigenvalue weighted by Crippen LogP contribution is 2.26. The number of piperidine rings is 1. The summed E-state index contributed by atoms with van der Waals surface area (Å²) in [5, 5.41) is 0. The third kappa shape index (κ3) is 7.46. The van der Waals surface area contributed by atoms with E-state index in [4.69, 9.17) is 4.74 Å². The van der Waals surface area contributed by atoms with Crippen LogP contribution in [0.5, 0.6) is 5.75 Å². The largest absolute Gasteiger partial charge is 0.494 e. The molecule has 2 aliphatic heterocycles. The molecule has 3 aromatic rings. The number of nitrogens with zero attached hydrogens (tertiary/aromatic N) is 2. The number of benzene rings is 3. The summed E-state index contributed by atoms with van der Waals surface area (Å²) in [5.74, 6) is 1.84. The van der Waals surface area contributed by atoms with Crippen molar-refractivity contribution >= 4 is 0 Å². The molecule has 1 saturated heterocycles. The quantitative estimate of drug-likeness (QED) is 0.318. The third-order valence-electron chi connectivity index (χ3n) is 8.48. The Morgan fingerprint density at radius 1 is 0.838 bits per heavy atom. The van der Waals surface area contributed by atoms with Gasteiger partial charge in [0.2, 0.25) is 0 Å². The highest BCUT2D eigenvalue weighted by molar-refractivity contribution is 5.36. The molecule has 3 nitrogen and oxygen atoms in total. The first-order valence-corrected chi connectivity index (χ1v) is 14.4. The van der Waals surface area contributed by atoms with Crippen LogP contribution in [0.4, 0.5) is 0 Å². The van der Waals surface area contributed by atoms with Gasteiger partial charge in [-0.1, -0.05) is 60.2 Å². The average Bonchev–Trinajstić information content (AvgIpc) is 3.12. The van der Waals surface area contributed by atoms with Crippen LogP contribution in [0.25, 0.3) is 0 Å². The Hall–Kier alpha value is -2.62. The van der Waals surface area contributed by atoms with E-state index in [2.05, 4.69) is 90.4 Å². The molecule has 0 saturated carbocycles. The normalized spacial score (nSPS) is 17.4. The van der Waals surface area contributed by atoms with Crippen molar-refractivity contribution < 1.29 is 4.74 Å². The molecule has 3 aromatic carbocycles. The summed E-state index contributed by atoms with van der Waals surface area (Å²) in [5.41, 5.74) is 8.63. The predicted octanol–water partition coefficient (Wildman–Crippen LogP) is 6.98. The van der Waals surface area contributed by atoms with Gasteiger partial charge in [0.1, 0.15) is 5.75 Å². The SMILES string of the molecule is Cc1ccc(CN2CCC(CCOc3ccc4c(c3)CN(CCc3ccccc3C)CCC4)CC2)cc1. The van der Waals surface area contributed by atoms with Crippen LogP contribution in [-0.2, 0) is 25.9 Å². The van der Waals surface area contributed by atoms with Crippen LogP contribution in [0.3, 0.4) is 0 Å². The highest BCUT2D eigenvalue weighted by atomic mass is 16.5. The van der Waals surface area contributed by atoms with E-state index in [0.29, 0.717) is 0 Å². The fourth-order valence-electron chi connectivity index (χ4n) is 5.98. The van der Waals surface area contributed by atoms with Crippen LogP contribution in [0.1, 0.15) is 59.1 Å². The van der Waals surface area contributed by atoms with Gasteiger partial charge in [0.25, 0.3) is 0 Å². The lowest BCUT2D eigenvalue weighted by Crippen LogP contribution is -2.33. The Kier molecular flexibility index (Phi) is 8.97. The van der Waals surface area contributed by atoms with E-state index < -0.39 is 0 Å². The number of rotatable bonds is 9. The predicted molar refractivity (Wildman–Crippen MR) is 154 cm³/mol. The smallest absolute Gasteiger partial charge is 0.119 e. The molecular weight excluding hydrogens is 452 g/mol. The molecule has 37 heavy (non-hydrogen) atoms. The van der Waals surface area contributed by atoms with Crippen molar-refractivity contribution in [1.82, 2.24) is 9.80 Å². The minimum Gasteiger partial charge on any atom is -0.494 e. The molecular formula is C34H44N2O. The molecule has 0 N–H and O–H groups in total. The number of aryl methyl sites for hydroxylation is 3. The van der Waals surface area contributed by atoms with Gasteiger partial charge in [0.15, 0.2) is 0 Å². The molecule has 1 fully saturated rings. The van der Waals surface area contributed by atoms with Crippen molar-refractivity contribution in [3.63, 3.8) is 0 Å². The van der Waals surface area contributed by atoms with Crippen LogP contribution >= 0.6 is 0 Å². The number of likely N-dealkylation sites (tertiary alicyclic amines) is 1. The maximum absolute atomic E-state index is 6.30. The first kappa shape index (κ1) is 26.0. The summed E-state index contributed by atoms with van der Waals surface area (Å²) in [6.07, 6.45) is 7.28. The zero-order valence-corrected chi connectivity index (χ0v) is 22.9. The Balaban J connectivity index is 1.06. The molecule has 0 bridgehead atoms. The molecule has 2 aliphatic rings. The van der Waals surface area contributed by atoms with Crippen molar-refractivity contribution in [1.29, 1.82) is 0 Å². The van der Waals surface area contributed by atoms with Crippen molar-refractivity contribution in [3.05, 3.63) is 100 Å². The molecule has 0 aromatic heterocycles. The summed E-state index contributed by atoms with van der Waals surface area (Å²) < 4.78 is 6.30. The van der Waals surface area contributed by atoms with Gasteiger partial charge in [-0.15, -0.1) is 0 Å². The number of ether oxygens (including phenoxy) is 1. The van der Waals surface area contributed by atoms with Crippen molar-refractivity contribution in [2.45, 2.75) is 65.5 Å². The second-order valence-corrected chi connectivity index (χ2v) is 11.3. The zero-order valence-electron chi connectivity index (χ0n) is 22.9. The van der Waals surface area contributed by atoms with E-state index in [-0.39, 0.29) is 0 Å². The fourth-order valence-corrected chi connectivity index (χ4v) is 5.98. The first-order chi connectivity index (χ1) is 18.1. The fraction of sp³-hybridized carbons (Fsp3) is 0.471. The van der Waals surface area contributed by atoms with Gasteiger partial charge >= 0.3 is 0 Å². The molecule has 5 rings (SSSR count). The summed E-state index contributed by atoms with van der Waals surface area (Å²) in [7, 11) is 0. The standard InChI is InChI=1S/C34H44N2O/c1-27-9-11-30(12-10-27)25-36-20-15-29(16-21-36)18-23-37-34-14-13-32-8-5-19-35(26-33(32)24-34)22-17-31-7-4-3-6-28(31)2/h3-4,6-7,9-14,24,29H,5,8,15-23,25-26H2,1-2H3. The lowest BCUT2D eigenvalue weighted by atomic mass is 9.93. The highest BCUT2D eigenvalue weighted by Gasteiger charge is 2.20. The second kappa shape index (κ2) is 12.8. The van der Waals surface area contributed by atoms with Gasteiger partial charge < -0.3 is 4.74 Å². The van der Waals surface area contributed by atoms with Gasteiger partial charge in [-0.05, 0) is 118 Å². The lowest BCUT2D eigenvalue weighted by molar-refractivity contribution is 0.157. The summed E-state index contributed by atoms with van der Waals surface area (Å²) in [6.45, 7) is 12.1. The molecule has 0 unspecified atom stereocenters. The number of fused-ring (bicyclic) bond motifs is 1. The maximum Gasteiger partial charge on any atom is 0.119 e.